The van der Waals surface area contributed by atoms with E-state index in [9.17, 15) is 19.8 Å². The zero-order chi connectivity index (χ0) is 27.5. The second-order valence-electron chi connectivity index (χ2n) is 11.2. The average Bonchev–Trinajstić information content (AvgIpc) is 2.89. The molecule has 0 spiro atoms. The van der Waals surface area contributed by atoms with Crippen LogP contribution >= 0.6 is 0 Å². The number of aliphatic hydroxyl groups is 2. The molecular weight excluding hydrogens is 480 g/mol. The number of cyclic esters (lactones) is 1. The van der Waals surface area contributed by atoms with Gasteiger partial charge in [-0.3, -0.25) is 4.79 Å². The lowest BCUT2D eigenvalue weighted by atomic mass is 9.80. The van der Waals surface area contributed by atoms with Crippen LogP contribution in [0.25, 0.3) is 11.1 Å². The number of amides is 1. The van der Waals surface area contributed by atoms with Crippen LogP contribution in [0.1, 0.15) is 57.7 Å². The number of aliphatic hydroxyl groups excluding tert-OH is 1. The molecule has 2 N–H and O–H groups in total. The molecule has 1 amide bonds. The molecule has 7 heteroatoms. The van der Waals surface area contributed by atoms with Crippen molar-refractivity contribution in [2.75, 3.05) is 13.2 Å². The minimum absolute atomic E-state index is 0.00813. The topological polar surface area (TPSA) is 92.0 Å². The van der Waals surface area contributed by atoms with Gasteiger partial charge in [0.2, 0.25) is 0 Å². The van der Waals surface area contributed by atoms with Crippen LogP contribution in [0.5, 0.6) is 0 Å². The Morgan fingerprint density at radius 2 is 1.68 bits per heavy atom. The SMILES string of the molecule is CC(CO)Cn1ccc(-c2ccc([C@H](C)N3CCC(CC(C)(C)O)(c4ccccc4)OC3=O)cc2)cc1=O. The van der Waals surface area contributed by atoms with Crippen molar-refractivity contribution in [1.82, 2.24) is 9.47 Å². The average molecular weight is 519 g/mol. The fraction of sp³-hybridized carbons (Fsp3) is 0.419. The fourth-order valence-corrected chi connectivity index (χ4v) is 5.26. The van der Waals surface area contributed by atoms with Gasteiger partial charge in [-0.2, -0.15) is 0 Å². The van der Waals surface area contributed by atoms with E-state index in [1.54, 1.807) is 35.6 Å². The summed E-state index contributed by atoms with van der Waals surface area (Å²) in [5.74, 6) is 0.00813. The Morgan fingerprint density at radius 3 is 2.26 bits per heavy atom. The van der Waals surface area contributed by atoms with Gasteiger partial charge in [0.15, 0.2) is 0 Å². The van der Waals surface area contributed by atoms with Crippen LogP contribution in [-0.2, 0) is 16.9 Å². The Balaban J connectivity index is 1.49. The van der Waals surface area contributed by atoms with Crippen molar-refractivity contribution in [3.63, 3.8) is 0 Å². The first-order valence-electron chi connectivity index (χ1n) is 13.2. The number of carbonyl (C=O) groups is 1. The molecule has 2 heterocycles. The minimum atomic E-state index is -1.00. The van der Waals surface area contributed by atoms with E-state index in [1.165, 1.54) is 0 Å². The molecule has 1 aliphatic heterocycles. The summed E-state index contributed by atoms with van der Waals surface area (Å²) < 4.78 is 7.73. The Bertz CT molecular complexity index is 1300. The van der Waals surface area contributed by atoms with Gasteiger partial charge in [0.25, 0.3) is 5.56 Å². The molecule has 1 aromatic heterocycles. The van der Waals surface area contributed by atoms with Gasteiger partial charge in [0.05, 0.1) is 11.6 Å². The lowest BCUT2D eigenvalue weighted by Gasteiger charge is -2.45. The van der Waals surface area contributed by atoms with E-state index >= 15 is 0 Å². The van der Waals surface area contributed by atoms with Crippen molar-refractivity contribution >= 4 is 6.09 Å². The number of benzene rings is 2. The highest BCUT2D eigenvalue weighted by Gasteiger charge is 2.46. The Hall–Kier alpha value is -3.42. The van der Waals surface area contributed by atoms with E-state index in [4.69, 9.17) is 4.74 Å². The number of hydrogen-bond donors (Lipinski definition) is 2. The van der Waals surface area contributed by atoms with Crippen molar-refractivity contribution < 1.29 is 19.7 Å². The number of rotatable bonds is 9. The molecule has 0 saturated carbocycles. The molecule has 0 aliphatic carbocycles. The van der Waals surface area contributed by atoms with E-state index in [-0.39, 0.29) is 24.1 Å². The zero-order valence-electron chi connectivity index (χ0n) is 22.6. The maximum absolute atomic E-state index is 13.3. The summed E-state index contributed by atoms with van der Waals surface area (Å²) >= 11 is 0. The summed E-state index contributed by atoms with van der Waals surface area (Å²) in [5.41, 5.74) is 1.59. The molecule has 1 fully saturated rings. The lowest BCUT2D eigenvalue weighted by molar-refractivity contribution is -0.101. The summed E-state index contributed by atoms with van der Waals surface area (Å²) in [5, 5.41) is 19.9. The van der Waals surface area contributed by atoms with E-state index in [0.717, 1.165) is 22.3 Å². The van der Waals surface area contributed by atoms with Gasteiger partial charge < -0.3 is 24.4 Å². The summed E-state index contributed by atoms with van der Waals surface area (Å²) in [4.78, 5) is 27.6. The summed E-state index contributed by atoms with van der Waals surface area (Å²) in [6.45, 7) is 8.35. The monoisotopic (exact) mass is 518 g/mol. The molecule has 7 nitrogen and oxygen atoms in total. The molecule has 2 aromatic carbocycles. The summed E-state index contributed by atoms with van der Waals surface area (Å²) in [6.07, 6.45) is 2.24. The first kappa shape index (κ1) is 27.6. The first-order chi connectivity index (χ1) is 18.0. The molecule has 4 rings (SSSR count). The van der Waals surface area contributed by atoms with Crippen LogP contribution < -0.4 is 5.56 Å². The van der Waals surface area contributed by atoms with Crippen molar-refractivity contribution in [1.29, 1.82) is 0 Å². The summed E-state index contributed by atoms with van der Waals surface area (Å²) in [7, 11) is 0. The number of hydrogen-bond acceptors (Lipinski definition) is 5. The van der Waals surface area contributed by atoms with Gasteiger partial charge in [-0.15, -0.1) is 0 Å². The molecular formula is C31H38N2O5. The van der Waals surface area contributed by atoms with Gasteiger partial charge >= 0.3 is 6.09 Å². The Morgan fingerprint density at radius 1 is 1.00 bits per heavy atom. The second-order valence-corrected chi connectivity index (χ2v) is 11.2. The fourth-order valence-electron chi connectivity index (χ4n) is 5.26. The zero-order valence-corrected chi connectivity index (χ0v) is 22.6. The predicted octanol–water partition coefficient (Wildman–Crippen LogP) is 5.10. The molecule has 1 saturated heterocycles. The highest BCUT2D eigenvalue weighted by Crippen LogP contribution is 2.42. The first-order valence-corrected chi connectivity index (χ1v) is 13.2. The molecule has 3 atom stereocenters. The van der Waals surface area contributed by atoms with Gasteiger partial charge in [-0.25, -0.2) is 4.79 Å². The van der Waals surface area contributed by atoms with Gasteiger partial charge in [-0.1, -0.05) is 61.5 Å². The predicted molar refractivity (Wildman–Crippen MR) is 148 cm³/mol. The van der Waals surface area contributed by atoms with E-state index in [2.05, 4.69) is 0 Å². The van der Waals surface area contributed by atoms with E-state index in [1.807, 2.05) is 74.5 Å². The quantitative estimate of drug-likeness (QED) is 0.411. The normalized spacial score (nSPS) is 19.6. The second kappa shape index (κ2) is 11.1. The van der Waals surface area contributed by atoms with Crippen LogP contribution in [0.2, 0.25) is 0 Å². The number of nitrogens with zero attached hydrogens (tertiary/aromatic N) is 2. The van der Waals surface area contributed by atoms with E-state index in [0.29, 0.717) is 25.9 Å². The third kappa shape index (κ3) is 6.17. The number of ether oxygens (including phenoxy) is 1. The van der Waals surface area contributed by atoms with Crippen molar-refractivity contribution in [3.05, 3.63) is 94.4 Å². The minimum Gasteiger partial charge on any atom is -0.438 e. The molecule has 202 valence electrons. The van der Waals surface area contributed by atoms with Gasteiger partial charge in [0, 0.05) is 44.8 Å². The third-order valence-corrected chi connectivity index (χ3v) is 7.30. The van der Waals surface area contributed by atoms with Crippen molar-refractivity contribution in [2.24, 2.45) is 5.92 Å². The molecule has 2 unspecified atom stereocenters. The van der Waals surface area contributed by atoms with Crippen LogP contribution in [0.15, 0.2) is 77.7 Å². The molecule has 3 aromatic rings. The third-order valence-electron chi connectivity index (χ3n) is 7.30. The van der Waals surface area contributed by atoms with Crippen LogP contribution in [0.4, 0.5) is 4.79 Å². The standard InChI is InChI=1S/C31H38N2O5/c1-22(20-34)19-32-16-14-26(18-28(32)35)25-12-10-24(11-13-25)23(2)33-17-15-31(38-29(33)36,21-30(3,4)37)27-8-6-5-7-9-27/h5-14,16,18,22-23,34,37H,15,17,19-21H2,1-4H3/t22?,23-,31?/m0/s1. The van der Waals surface area contributed by atoms with E-state index < -0.39 is 17.3 Å². The maximum Gasteiger partial charge on any atom is 0.411 e. The largest absolute Gasteiger partial charge is 0.438 e. The summed E-state index contributed by atoms with van der Waals surface area (Å²) in [6, 6.07) is 20.8. The molecule has 1 aliphatic rings. The smallest absolute Gasteiger partial charge is 0.411 e. The number of aromatic nitrogens is 1. The molecule has 0 radical (unpaired) electrons. The highest BCUT2D eigenvalue weighted by atomic mass is 16.6. The number of pyridine rings is 1. The molecule has 38 heavy (non-hydrogen) atoms. The Labute approximate surface area is 224 Å². The number of carbonyl (C=O) groups excluding carboxylic acids is 1. The van der Waals surface area contributed by atoms with Gasteiger partial charge in [-0.05, 0) is 55.0 Å². The lowest BCUT2D eigenvalue weighted by Crippen LogP contribution is -2.51. The molecule has 0 bridgehead atoms. The van der Waals surface area contributed by atoms with Crippen molar-refractivity contribution in [3.8, 4) is 11.1 Å². The van der Waals surface area contributed by atoms with Crippen LogP contribution in [-0.4, -0.2) is 44.5 Å². The maximum atomic E-state index is 13.3. The Kier molecular flexibility index (Phi) is 8.09. The highest BCUT2D eigenvalue weighted by molar-refractivity contribution is 5.70. The van der Waals surface area contributed by atoms with Crippen molar-refractivity contribution in [2.45, 2.75) is 64.3 Å². The van der Waals surface area contributed by atoms with Crippen LogP contribution in [0, 0.1) is 5.92 Å². The van der Waals surface area contributed by atoms with Gasteiger partial charge in [0.1, 0.15) is 5.60 Å². The van der Waals surface area contributed by atoms with Crippen LogP contribution in [0.3, 0.4) is 0 Å².